The van der Waals surface area contributed by atoms with Crippen molar-refractivity contribution in [1.29, 1.82) is 0 Å². The van der Waals surface area contributed by atoms with Crippen LogP contribution in [0.3, 0.4) is 0 Å². The molecule has 0 aromatic carbocycles. The van der Waals surface area contributed by atoms with Crippen LogP contribution in [0.25, 0.3) is 0 Å². The van der Waals surface area contributed by atoms with Crippen molar-refractivity contribution >= 4 is 5.91 Å². The number of carbonyl (C=O) groups excluding carboxylic acids is 1. The third-order valence-corrected chi connectivity index (χ3v) is 2.10. The number of hydrogen-bond acceptors (Lipinski definition) is 2. The van der Waals surface area contributed by atoms with Crippen molar-refractivity contribution in [3.63, 3.8) is 0 Å². The number of amides is 1. The van der Waals surface area contributed by atoms with Gasteiger partial charge in [-0.05, 0) is 13.0 Å². The number of likely N-dealkylation sites (N-methyl/N-ethyl adjacent to an activating group) is 2. The minimum Gasteiger partial charge on any atom is -0.367 e. The van der Waals surface area contributed by atoms with E-state index in [1.165, 1.54) is 0 Å². The molecular formula is C10H16N2O. The first-order chi connectivity index (χ1) is 6.00. The summed E-state index contributed by atoms with van der Waals surface area (Å²) in [5.74, 6) is 0.168. The Morgan fingerprint density at radius 2 is 2.00 bits per heavy atom. The molecule has 0 N–H and O–H groups in total. The number of nitrogens with zero attached hydrogens (tertiary/aromatic N) is 2. The first kappa shape index (κ1) is 9.84. The van der Waals surface area contributed by atoms with Crippen LogP contribution < -0.4 is 0 Å². The van der Waals surface area contributed by atoms with Crippen LogP contribution in [0.2, 0.25) is 0 Å². The van der Waals surface area contributed by atoms with Gasteiger partial charge < -0.3 is 9.80 Å². The fourth-order valence-corrected chi connectivity index (χ4v) is 1.32. The lowest BCUT2D eigenvalue weighted by molar-refractivity contribution is -0.132. The van der Waals surface area contributed by atoms with Gasteiger partial charge in [-0.15, -0.1) is 0 Å². The van der Waals surface area contributed by atoms with Crippen LogP contribution in [-0.2, 0) is 4.79 Å². The zero-order valence-electron chi connectivity index (χ0n) is 8.50. The van der Waals surface area contributed by atoms with E-state index in [1.54, 1.807) is 4.90 Å². The van der Waals surface area contributed by atoms with E-state index in [2.05, 4.69) is 6.58 Å². The molecule has 0 aromatic rings. The van der Waals surface area contributed by atoms with E-state index in [1.807, 2.05) is 32.0 Å². The average Bonchev–Trinajstić information content (AvgIpc) is 1.99. The molecule has 3 heteroatoms. The smallest absolute Gasteiger partial charge is 0.242 e. The van der Waals surface area contributed by atoms with Gasteiger partial charge >= 0.3 is 0 Å². The average molecular weight is 180 g/mol. The monoisotopic (exact) mass is 180 g/mol. The molecule has 1 amide bonds. The molecule has 1 heterocycles. The third-order valence-electron chi connectivity index (χ3n) is 2.10. The largest absolute Gasteiger partial charge is 0.367 e. The molecule has 0 radical (unpaired) electrons. The van der Waals surface area contributed by atoms with Crippen molar-refractivity contribution in [3.8, 4) is 0 Å². The molecule has 0 unspecified atom stereocenters. The molecule has 1 aliphatic heterocycles. The predicted molar refractivity (Wildman–Crippen MR) is 53.2 cm³/mol. The highest BCUT2D eigenvalue weighted by Crippen LogP contribution is 2.12. The molecule has 0 bridgehead atoms. The zero-order valence-corrected chi connectivity index (χ0v) is 8.50. The number of carbonyl (C=O) groups is 1. The fourth-order valence-electron chi connectivity index (χ4n) is 1.32. The van der Waals surface area contributed by atoms with E-state index in [9.17, 15) is 4.79 Å². The first-order valence-corrected chi connectivity index (χ1v) is 4.32. The minimum absolute atomic E-state index is 0.168. The van der Waals surface area contributed by atoms with Gasteiger partial charge in [0.25, 0.3) is 0 Å². The van der Waals surface area contributed by atoms with Crippen molar-refractivity contribution in [2.45, 2.75) is 6.92 Å². The zero-order chi connectivity index (χ0) is 10.0. The summed E-state index contributed by atoms with van der Waals surface area (Å²) < 4.78 is 0. The van der Waals surface area contributed by atoms with Crippen LogP contribution in [0.15, 0.2) is 23.9 Å². The van der Waals surface area contributed by atoms with Gasteiger partial charge in [-0.1, -0.05) is 12.2 Å². The minimum atomic E-state index is 0.168. The summed E-state index contributed by atoms with van der Waals surface area (Å²) in [6.07, 6.45) is 2.02. The van der Waals surface area contributed by atoms with Gasteiger partial charge in [0.2, 0.25) is 5.91 Å². The molecule has 3 nitrogen and oxygen atoms in total. The molecule has 0 saturated carbocycles. The van der Waals surface area contributed by atoms with E-state index >= 15 is 0 Å². The molecule has 1 rings (SSSR count). The van der Waals surface area contributed by atoms with E-state index in [-0.39, 0.29) is 5.91 Å². The molecule has 0 aliphatic carbocycles. The Kier molecular flexibility index (Phi) is 2.76. The molecule has 0 atom stereocenters. The Morgan fingerprint density at radius 1 is 1.38 bits per heavy atom. The van der Waals surface area contributed by atoms with Crippen LogP contribution >= 0.6 is 0 Å². The summed E-state index contributed by atoms with van der Waals surface area (Å²) in [5.41, 5.74) is 2.17. The van der Waals surface area contributed by atoms with E-state index in [4.69, 9.17) is 0 Å². The highest BCUT2D eigenvalue weighted by Gasteiger charge is 2.21. The highest BCUT2D eigenvalue weighted by molar-refractivity contribution is 5.79. The van der Waals surface area contributed by atoms with Crippen LogP contribution in [0.4, 0.5) is 0 Å². The van der Waals surface area contributed by atoms with Crippen LogP contribution in [0.5, 0.6) is 0 Å². The maximum absolute atomic E-state index is 11.3. The molecule has 1 fully saturated rings. The summed E-state index contributed by atoms with van der Waals surface area (Å²) in [4.78, 5) is 15.0. The number of piperazine rings is 1. The second-order valence-electron chi connectivity index (χ2n) is 3.59. The van der Waals surface area contributed by atoms with Crippen LogP contribution in [0.1, 0.15) is 6.92 Å². The molecule has 72 valence electrons. The van der Waals surface area contributed by atoms with Gasteiger partial charge in [0, 0.05) is 19.8 Å². The van der Waals surface area contributed by atoms with Crippen molar-refractivity contribution in [1.82, 2.24) is 9.80 Å². The number of rotatable bonds is 1. The molecule has 0 spiro atoms. The van der Waals surface area contributed by atoms with Crippen molar-refractivity contribution in [2.75, 3.05) is 27.2 Å². The second kappa shape index (κ2) is 3.64. The highest BCUT2D eigenvalue weighted by atomic mass is 16.2. The maximum Gasteiger partial charge on any atom is 0.242 e. The first-order valence-electron chi connectivity index (χ1n) is 4.32. The predicted octanol–water partition coefficient (Wildman–Crippen LogP) is 0.850. The molecule has 1 saturated heterocycles. The molecule has 13 heavy (non-hydrogen) atoms. The molecular weight excluding hydrogens is 164 g/mol. The topological polar surface area (TPSA) is 23.6 Å². The number of allylic oxidation sites excluding steroid dienone is 2. The molecule has 1 aliphatic rings. The third kappa shape index (κ3) is 2.34. The Balaban J connectivity index is 2.78. The van der Waals surface area contributed by atoms with Crippen LogP contribution in [-0.4, -0.2) is 42.9 Å². The van der Waals surface area contributed by atoms with E-state index in [0.717, 1.165) is 11.3 Å². The van der Waals surface area contributed by atoms with E-state index in [0.29, 0.717) is 13.1 Å². The van der Waals surface area contributed by atoms with Gasteiger partial charge in [0.15, 0.2) is 0 Å². The second-order valence-corrected chi connectivity index (χ2v) is 3.59. The lowest BCUT2D eigenvalue weighted by atomic mass is 10.2. The summed E-state index contributed by atoms with van der Waals surface area (Å²) in [6, 6.07) is 0. The van der Waals surface area contributed by atoms with Crippen molar-refractivity contribution in [2.24, 2.45) is 0 Å². The van der Waals surface area contributed by atoms with Crippen LogP contribution in [0, 0.1) is 0 Å². The van der Waals surface area contributed by atoms with E-state index < -0.39 is 0 Å². The normalized spacial score (nSPS) is 21.2. The maximum atomic E-state index is 11.3. The van der Waals surface area contributed by atoms with Gasteiger partial charge in [0.05, 0.1) is 13.1 Å². The lowest BCUT2D eigenvalue weighted by Gasteiger charge is -2.33. The van der Waals surface area contributed by atoms with Gasteiger partial charge in [-0.3, -0.25) is 4.79 Å². The Morgan fingerprint density at radius 3 is 2.54 bits per heavy atom. The fraction of sp³-hybridized carbons (Fsp3) is 0.500. The Bertz CT molecular complexity index is 268. The van der Waals surface area contributed by atoms with Gasteiger partial charge in [-0.2, -0.15) is 0 Å². The Labute approximate surface area is 79.3 Å². The SMILES string of the molecule is C=C(C)/C=C1/CN(C)C(=O)CN1C. The Hall–Kier alpha value is -1.25. The lowest BCUT2D eigenvalue weighted by Crippen LogP contribution is -2.45. The summed E-state index contributed by atoms with van der Waals surface area (Å²) in [5, 5.41) is 0. The standard InChI is InChI=1S/C10H16N2O/c1-8(2)5-9-6-12(4)10(13)7-11(9)3/h5H,1,6-7H2,2-4H3/b9-5-. The summed E-state index contributed by atoms with van der Waals surface area (Å²) >= 11 is 0. The van der Waals surface area contributed by atoms with Crippen molar-refractivity contribution < 1.29 is 4.79 Å². The van der Waals surface area contributed by atoms with Crippen molar-refractivity contribution in [3.05, 3.63) is 23.9 Å². The molecule has 0 aromatic heterocycles. The van der Waals surface area contributed by atoms with Gasteiger partial charge in [-0.25, -0.2) is 0 Å². The summed E-state index contributed by atoms with van der Waals surface area (Å²) in [7, 11) is 3.75. The number of hydrogen-bond donors (Lipinski definition) is 0. The van der Waals surface area contributed by atoms with Gasteiger partial charge in [0.1, 0.15) is 0 Å². The quantitative estimate of drug-likeness (QED) is 0.597. The summed E-state index contributed by atoms with van der Waals surface area (Å²) in [6.45, 7) is 6.93.